The first kappa shape index (κ1) is 22.3. The number of methoxy groups -OCH3 is 1. The summed E-state index contributed by atoms with van der Waals surface area (Å²) in [6.07, 6.45) is -4.84. The van der Waals surface area contributed by atoms with E-state index < -0.39 is 24.2 Å². The maximum absolute atomic E-state index is 13.8. The predicted octanol–water partition coefficient (Wildman–Crippen LogP) is 6.11. The fourth-order valence-electron chi connectivity index (χ4n) is 3.56. The zero-order chi connectivity index (χ0) is 23.0. The van der Waals surface area contributed by atoms with E-state index in [1.807, 2.05) is 0 Å². The highest BCUT2D eigenvalue weighted by Gasteiger charge is 2.46. The van der Waals surface area contributed by atoms with Crippen molar-refractivity contribution in [1.82, 2.24) is 9.78 Å². The Morgan fingerprint density at radius 2 is 1.81 bits per heavy atom. The van der Waals surface area contributed by atoms with Gasteiger partial charge in [0.2, 0.25) is 0 Å². The van der Waals surface area contributed by atoms with Crippen LogP contribution in [0.5, 0.6) is 5.75 Å². The molecule has 0 fully saturated rings. The summed E-state index contributed by atoms with van der Waals surface area (Å²) in [5.74, 6) is 0.00433. The lowest BCUT2D eigenvalue weighted by molar-refractivity contribution is -0.173. The minimum Gasteiger partial charge on any atom is -0.497 e. The monoisotopic (exact) mass is 484 g/mol. The third-order valence-corrected chi connectivity index (χ3v) is 5.50. The van der Waals surface area contributed by atoms with Crippen LogP contribution in [0.2, 0.25) is 10.0 Å². The number of rotatable bonds is 4. The van der Waals surface area contributed by atoms with E-state index in [0.29, 0.717) is 27.0 Å². The molecule has 0 aliphatic carbocycles. The van der Waals surface area contributed by atoms with Gasteiger partial charge >= 0.3 is 6.18 Å². The lowest BCUT2D eigenvalue weighted by Gasteiger charge is -2.33. The van der Waals surface area contributed by atoms with E-state index in [1.165, 1.54) is 31.4 Å². The summed E-state index contributed by atoms with van der Waals surface area (Å²) in [5.41, 5.74) is 0.787. The van der Waals surface area contributed by atoms with Gasteiger partial charge in [0.05, 0.1) is 13.2 Å². The van der Waals surface area contributed by atoms with Gasteiger partial charge in [-0.05, 0) is 35.9 Å². The van der Waals surface area contributed by atoms with Gasteiger partial charge in [0.15, 0.2) is 11.7 Å². The molecule has 32 heavy (non-hydrogen) atoms. The van der Waals surface area contributed by atoms with Crippen LogP contribution in [0, 0.1) is 0 Å². The van der Waals surface area contributed by atoms with E-state index in [4.69, 9.17) is 27.9 Å². The van der Waals surface area contributed by atoms with Gasteiger partial charge in [-0.25, -0.2) is 4.68 Å². The summed E-state index contributed by atoms with van der Waals surface area (Å²) in [6.45, 7) is 0. The fraction of sp³-hybridized carbons (Fsp3) is 0.238. The summed E-state index contributed by atoms with van der Waals surface area (Å²) in [6, 6.07) is 9.96. The van der Waals surface area contributed by atoms with Crippen molar-refractivity contribution < 1.29 is 22.7 Å². The normalized spacial score (nSPS) is 17.9. The number of anilines is 2. The van der Waals surface area contributed by atoms with E-state index in [2.05, 4.69) is 15.7 Å². The number of ether oxygens (including phenoxy) is 1. The number of alkyl halides is 3. The number of benzene rings is 2. The number of hydrogen-bond donors (Lipinski definition) is 2. The minimum absolute atomic E-state index is 0.0914. The number of hydrogen-bond acceptors (Lipinski definition) is 4. The molecule has 2 atom stereocenters. The first-order chi connectivity index (χ1) is 15.1. The quantitative estimate of drug-likeness (QED) is 0.468. The van der Waals surface area contributed by atoms with Gasteiger partial charge < -0.3 is 15.4 Å². The zero-order valence-corrected chi connectivity index (χ0v) is 18.1. The largest absolute Gasteiger partial charge is 0.497 e. The number of nitrogens with one attached hydrogen (secondary N) is 2. The standard InChI is InChI=1S/C21H17Cl2F3N4O2/c1-32-15-4-2-11(3-5-15)16-9-18(21(24,25)26)30-19(28-16)10-17(29-30)20(31)27-14-7-12(22)6-13(23)8-14/h2-8,10,16,18,28H,9H2,1H3,(H,27,31)/t16-,18+/m0/s1. The van der Waals surface area contributed by atoms with Crippen LogP contribution in [0.3, 0.4) is 0 Å². The molecule has 168 valence electrons. The van der Waals surface area contributed by atoms with E-state index in [-0.39, 0.29) is 17.9 Å². The molecule has 0 saturated carbocycles. The summed E-state index contributed by atoms with van der Waals surface area (Å²) in [5, 5.41) is 10.1. The maximum Gasteiger partial charge on any atom is 0.410 e. The van der Waals surface area contributed by atoms with Crippen molar-refractivity contribution in [3.8, 4) is 5.75 Å². The van der Waals surface area contributed by atoms with Gasteiger partial charge in [-0.2, -0.15) is 18.3 Å². The van der Waals surface area contributed by atoms with Crippen LogP contribution < -0.4 is 15.4 Å². The molecule has 0 radical (unpaired) electrons. The third kappa shape index (κ3) is 4.63. The third-order valence-electron chi connectivity index (χ3n) is 5.06. The first-order valence-electron chi connectivity index (χ1n) is 9.48. The van der Waals surface area contributed by atoms with Crippen LogP contribution in [0.25, 0.3) is 0 Å². The lowest BCUT2D eigenvalue weighted by Crippen LogP contribution is -2.35. The van der Waals surface area contributed by atoms with Gasteiger partial charge in [-0.1, -0.05) is 35.3 Å². The van der Waals surface area contributed by atoms with Crippen LogP contribution in [0.15, 0.2) is 48.5 Å². The number of nitrogens with zero attached hydrogens (tertiary/aromatic N) is 2. The molecule has 0 unspecified atom stereocenters. The van der Waals surface area contributed by atoms with Crippen LogP contribution in [-0.2, 0) is 0 Å². The Labute approximate surface area is 191 Å². The Morgan fingerprint density at radius 3 is 2.41 bits per heavy atom. The molecule has 2 heterocycles. The number of fused-ring (bicyclic) bond motifs is 1. The number of halogens is 5. The number of carbonyl (C=O) groups is 1. The van der Waals surface area contributed by atoms with Crippen molar-refractivity contribution in [2.75, 3.05) is 17.7 Å². The Balaban J connectivity index is 1.63. The van der Waals surface area contributed by atoms with Gasteiger partial charge in [-0.3, -0.25) is 4.79 Å². The van der Waals surface area contributed by atoms with Crippen molar-refractivity contribution >= 4 is 40.6 Å². The Hall–Kier alpha value is -2.91. The van der Waals surface area contributed by atoms with Crippen molar-refractivity contribution in [1.29, 1.82) is 0 Å². The molecule has 0 saturated heterocycles. The van der Waals surface area contributed by atoms with E-state index in [1.54, 1.807) is 24.3 Å². The molecule has 1 amide bonds. The molecule has 1 aliphatic rings. The van der Waals surface area contributed by atoms with Gasteiger partial charge in [-0.15, -0.1) is 0 Å². The second kappa shape index (κ2) is 8.55. The maximum atomic E-state index is 13.8. The topological polar surface area (TPSA) is 68.2 Å². The highest BCUT2D eigenvalue weighted by molar-refractivity contribution is 6.35. The highest BCUT2D eigenvalue weighted by Crippen LogP contribution is 2.43. The van der Waals surface area contributed by atoms with Crippen molar-refractivity contribution in [3.63, 3.8) is 0 Å². The Morgan fingerprint density at radius 1 is 1.16 bits per heavy atom. The predicted molar refractivity (Wildman–Crippen MR) is 116 cm³/mol. The molecule has 1 aromatic heterocycles. The molecule has 0 spiro atoms. The number of carbonyl (C=O) groups excluding carboxylic acids is 1. The molecule has 11 heteroatoms. The Kier molecular flexibility index (Phi) is 5.96. The number of aromatic nitrogens is 2. The molecule has 3 aromatic rings. The molecule has 0 bridgehead atoms. The van der Waals surface area contributed by atoms with Gasteiger partial charge in [0, 0.05) is 28.2 Å². The van der Waals surface area contributed by atoms with Crippen LogP contribution in [0.1, 0.15) is 34.6 Å². The summed E-state index contributed by atoms with van der Waals surface area (Å²) in [7, 11) is 1.51. The highest BCUT2D eigenvalue weighted by atomic mass is 35.5. The summed E-state index contributed by atoms with van der Waals surface area (Å²) >= 11 is 11.9. The summed E-state index contributed by atoms with van der Waals surface area (Å²) < 4.78 is 47.4. The SMILES string of the molecule is COc1ccc([C@@H]2C[C@H](C(F)(F)F)n3nc(C(=O)Nc4cc(Cl)cc(Cl)c4)cc3N2)cc1. The molecule has 2 aromatic carbocycles. The lowest BCUT2D eigenvalue weighted by atomic mass is 9.97. The Bertz CT molecular complexity index is 1130. The van der Waals surface area contributed by atoms with Crippen molar-refractivity contribution in [2.45, 2.75) is 24.7 Å². The number of amides is 1. The van der Waals surface area contributed by atoms with Crippen LogP contribution in [0.4, 0.5) is 24.7 Å². The van der Waals surface area contributed by atoms with Crippen LogP contribution >= 0.6 is 23.2 Å². The molecule has 1 aliphatic heterocycles. The van der Waals surface area contributed by atoms with Gasteiger partial charge in [0.1, 0.15) is 11.6 Å². The smallest absolute Gasteiger partial charge is 0.410 e. The average molecular weight is 485 g/mol. The first-order valence-corrected chi connectivity index (χ1v) is 10.2. The summed E-state index contributed by atoms with van der Waals surface area (Å²) in [4.78, 5) is 12.6. The average Bonchev–Trinajstić information content (AvgIpc) is 3.16. The van der Waals surface area contributed by atoms with Crippen molar-refractivity contribution in [3.05, 3.63) is 69.8 Å². The zero-order valence-electron chi connectivity index (χ0n) is 16.6. The van der Waals surface area contributed by atoms with E-state index >= 15 is 0 Å². The van der Waals surface area contributed by atoms with E-state index in [0.717, 1.165) is 4.68 Å². The van der Waals surface area contributed by atoms with E-state index in [9.17, 15) is 18.0 Å². The van der Waals surface area contributed by atoms with Crippen molar-refractivity contribution in [2.24, 2.45) is 0 Å². The molecular weight excluding hydrogens is 468 g/mol. The van der Waals surface area contributed by atoms with Crippen LogP contribution in [-0.4, -0.2) is 29.0 Å². The fourth-order valence-corrected chi connectivity index (χ4v) is 4.09. The molecule has 2 N–H and O–H groups in total. The molecular formula is C21H17Cl2F3N4O2. The molecule has 6 nitrogen and oxygen atoms in total. The van der Waals surface area contributed by atoms with Gasteiger partial charge in [0.25, 0.3) is 5.91 Å². The second-order valence-corrected chi connectivity index (χ2v) is 8.11. The second-order valence-electron chi connectivity index (χ2n) is 7.23. The minimum atomic E-state index is -4.55. The molecule has 4 rings (SSSR count).